The van der Waals surface area contributed by atoms with Crippen molar-refractivity contribution in [1.82, 2.24) is 4.98 Å². The SMILES string of the molecule is N#CCc1c(OC(F)(F)F)cnc(Cl)c1C(F)F. The first-order valence-electron chi connectivity index (χ1n) is 4.34. The van der Waals surface area contributed by atoms with E-state index in [0.717, 1.165) is 0 Å². The van der Waals surface area contributed by atoms with Gasteiger partial charge in [-0.2, -0.15) is 5.26 Å². The lowest BCUT2D eigenvalue weighted by molar-refractivity contribution is -0.275. The quantitative estimate of drug-likeness (QED) is 0.629. The van der Waals surface area contributed by atoms with Gasteiger partial charge in [0.15, 0.2) is 5.75 Å². The molecule has 18 heavy (non-hydrogen) atoms. The van der Waals surface area contributed by atoms with Crippen molar-refractivity contribution in [1.29, 1.82) is 5.26 Å². The van der Waals surface area contributed by atoms with Gasteiger partial charge in [-0.25, -0.2) is 13.8 Å². The molecule has 3 nitrogen and oxygen atoms in total. The second-order valence-electron chi connectivity index (χ2n) is 2.99. The molecule has 0 unspecified atom stereocenters. The van der Waals surface area contributed by atoms with Crippen LogP contribution in [-0.2, 0) is 6.42 Å². The Hall–Kier alpha value is -1.62. The molecule has 9 heteroatoms. The molecule has 0 aliphatic rings. The summed E-state index contributed by atoms with van der Waals surface area (Å²) in [4.78, 5) is 3.18. The van der Waals surface area contributed by atoms with E-state index in [0.29, 0.717) is 6.20 Å². The van der Waals surface area contributed by atoms with Crippen LogP contribution in [-0.4, -0.2) is 11.3 Å². The highest BCUT2D eigenvalue weighted by Gasteiger charge is 2.34. The van der Waals surface area contributed by atoms with E-state index >= 15 is 0 Å². The highest BCUT2D eigenvalue weighted by atomic mass is 35.5. The zero-order valence-corrected chi connectivity index (χ0v) is 9.19. The third-order valence-electron chi connectivity index (χ3n) is 1.84. The van der Waals surface area contributed by atoms with Gasteiger partial charge in [-0.05, 0) is 0 Å². The second-order valence-corrected chi connectivity index (χ2v) is 3.35. The fourth-order valence-corrected chi connectivity index (χ4v) is 1.46. The van der Waals surface area contributed by atoms with Crippen molar-refractivity contribution in [3.8, 4) is 11.8 Å². The van der Waals surface area contributed by atoms with Crippen molar-refractivity contribution in [3.63, 3.8) is 0 Å². The summed E-state index contributed by atoms with van der Waals surface area (Å²) in [5, 5.41) is 7.78. The Labute approximate surface area is 103 Å². The smallest absolute Gasteiger partial charge is 0.404 e. The molecule has 1 heterocycles. The predicted molar refractivity (Wildman–Crippen MR) is 50.2 cm³/mol. The van der Waals surface area contributed by atoms with Crippen molar-refractivity contribution >= 4 is 11.6 Å². The summed E-state index contributed by atoms with van der Waals surface area (Å²) in [5.41, 5.74) is -1.55. The molecule has 0 aliphatic carbocycles. The van der Waals surface area contributed by atoms with Crippen LogP contribution in [0.3, 0.4) is 0 Å². The van der Waals surface area contributed by atoms with E-state index in [9.17, 15) is 22.0 Å². The van der Waals surface area contributed by atoms with E-state index in [1.165, 1.54) is 6.07 Å². The third kappa shape index (κ3) is 3.43. The van der Waals surface area contributed by atoms with Crippen molar-refractivity contribution in [2.75, 3.05) is 0 Å². The Kier molecular flexibility index (Phi) is 4.29. The van der Waals surface area contributed by atoms with Crippen molar-refractivity contribution in [3.05, 3.63) is 22.5 Å². The van der Waals surface area contributed by atoms with Crippen LogP contribution >= 0.6 is 11.6 Å². The van der Waals surface area contributed by atoms with E-state index in [1.807, 2.05) is 0 Å². The molecule has 0 bridgehead atoms. The maximum Gasteiger partial charge on any atom is 0.573 e. The van der Waals surface area contributed by atoms with Gasteiger partial charge >= 0.3 is 6.36 Å². The average molecular weight is 287 g/mol. The van der Waals surface area contributed by atoms with Crippen molar-refractivity contribution in [2.24, 2.45) is 0 Å². The van der Waals surface area contributed by atoms with E-state index in [1.54, 1.807) is 0 Å². The zero-order chi connectivity index (χ0) is 13.9. The minimum Gasteiger partial charge on any atom is -0.404 e. The number of nitrogens with zero attached hydrogens (tertiary/aromatic N) is 2. The fourth-order valence-electron chi connectivity index (χ4n) is 1.22. The largest absolute Gasteiger partial charge is 0.573 e. The summed E-state index contributed by atoms with van der Waals surface area (Å²) >= 11 is 5.37. The van der Waals surface area contributed by atoms with Gasteiger partial charge in [0, 0.05) is 5.56 Å². The minimum absolute atomic E-state index is 0.550. The molecule has 0 saturated carbocycles. The molecule has 0 aliphatic heterocycles. The lowest BCUT2D eigenvalue weighted by Gasteiger charge is -2.15. The summed E-state index contributed by atoms with van der Waals surface area (Å²) in [7, 11) is 0. The fraction of sp³-hybridized carbons (Fsp3) is 0.333. The topological polar surface area (TPSA) is 45.9 Å². The standard InChI is InChI=1S/C9H4ClF5N2O/c10-7-6(8(11)12)4(1-2-16)5(3-17-7)18-9(13,14)15/h3,8H,1H2. The molecule has 1 aromatic heterocycles. The van der Waals surface area contributed by atoms with Crippen molar-refractivity contribution in [2.45, 2.75) is 19.2 Å². The van der Waals surface area contributed by atoms with Gasteiger partial charge in [0.1, 0.15) is 5.15 Å². The second kappa shape index (κ2) is 5.35. The van der Waals surface area contributed by atoms with Gasteiger partial charge in [0.25, 0.3) is 6.43 Å². The van der Waals surface area contributed by atoms with Gasteiger partial charge in [0.2, 0.25) is 0 Å². The van der Waals surface area contributed by atoms with E-state index < -0.39 is 41.2 Å². The summed E-state index contributed by atoms with van der Waals surface area (Å²) in [6.45, 7) is 0. The zero-order valence-electron chi connectivity index (χ0n) is 8.43. The Morgan fingerprint density at radius 2 is 2.06 bits per heavy atom. The van der Waals surface area contributed by atoms with Crippen LogP contribution < -0.4 is 4.74 Å². The number of hydrogen-bond donors (Lipinski definition) is 0. The minimum atomic E-state index is -5.07. The number of aromatic nitrogens is 1. The number of ether oxygens (including phenoxy) is 1. The first-order chi connectivity index (χ1) is 8.26. The molecule has 1 rings (SSSR count). The number of rotatable bonds is 3. The molecule has 0 fully saturated rings. The molecule has 98 valence electrons. The average Bonchev–Trinajstić information content (AvgIpc) is 2.20. The summed E-state index contributed by atoms with van der Waals surface area (Å²) in [6.07, 6.45) is -8.38. The Balaban J connectivity index is 3.35. The molecule has 0 radical (unpaired) electrons. The lowest BCUT2D eigenvalue weighted by Crippen LogP contribution is -2.19. The molecule has 0 aromatic carbocycles. The molecule has 0 atom stereocenters. The van der Waals surface area contributed by atoms with Crippen LogP contribution in [0.2, 0.25) is 5.15 Å². The molecule has 0 saturated heterocycles. The first kappa shape index (κ1) is 14.4. The highest BCUT2D eigenvalue weighted by Crippen LogP contribution is 2.36. The van der Waals surface area contributed by atoms with Gasteiger partial charge in [-0.15, -0.1) is 13.2 Å². The number of pyridine rings is 1. The molecule has 0 spiro atoms. The molecule has 1 aromatic rings. The highest BCUT2D eigenvalue weighted by molar-refractivity contribution is 6.30. The van der Waals surface area contributed by atoms with Gasteiger partial charge in [-0.3, -0.25) is 0 Å². The van der Waals surface area contributed by atoms with Crippen molar-refractivity contribution < 1.29 is 26.7 Å². The number of nitriles is 1. The van der Waals surface area contributed by atoms with Crippen LogP contribution in [0.5, 0.6) is 5.75 Å². The number of hydrogen-bond acceptors (Lipinski definition) is 3. The Bertz CT molecular complexity index is 483. The molecular formula is C9H4ClF5N2O. The lowest BCUT2D eigenvalue weighted by atomic mass is 10.1. The molecule has 0 N–H and O–H groups in total. The Morgan fingerprint density at radius 1 is 1.44 bits per heavy atom. The van der Waals surface area contributed by atoms with Crippen LogP contribution in [0.15, 0.2) is 6.20 Å². The maximum atomic E-state index is 12.7. The normalized spacial score (nSPS) is 11.4. The third-order valence-corrected chi connectivity index (χ3v) is 2.14. The van der Waals surface area contributed by atoms with E-state index in [2.05, 4.69) is 9.72 Å². The van der Waals surface area contributed by atoms with Gasteiger partial charge < -0.3 is 4.74 Å². The van der Waals surface area contributed by atoms with E-state index in [4.69, 9.17) is 16.9 Å². The number of halogens is 6. The van der Waals surface area contributed by atoms with Gasteiger partial charge in [0.05, 0.1) is 24.3 Å². The van der Waals surface area contributed by atoms with Gasteiger partial charge in [-0.1, -0.05) is 11.6 Å². The first-order valence-corrected chi connectivity index (χ1v) is 4.72. The maximum absolute atomic E-state index is 12.7. The van der Waals surface area contributed by atoms with Crippen LogP contribution in [0.1, 0.15) is 17.6 Å². The van der Waals surface area contributed by atoms with Crippen LogP contribution in [0.25, 0.3) is 0 Å². The Morgan fingerprint density at radius 3 is 2.50 bits per heavy atom. The predicted octanol–water partition coefficient (Wildman–Crippen LogP) is 3.64. The monoisotopic (exact) mass is 286 g/mol. The summed E-state index contributed by atoms with van der Waals surface area (Å²) in [6, 6.07) is 1.47. The number of alkyl halides is 5. The molecular weight excluding hydrogens is 283 g/mol. The summed E-state index contributed by atoms with van der Waals surface area (Å²) < 4.78 is 65.0. The van der Waals surface area contributed by atoms with Crippen LogP contribution in [0.4, 0.5) is 22.0 Å². The van der Waals surface area contributed by atoms with Crippen LogP contribution in [0, 0.1) is 11.3 Å². The molecule has 0 amide bonds. The van der Waals surface area contributed by atoms with E-state index in [-0.39, 0.29) is 0 Å². The summed E-state index contributed by atoms with van der Waals surface area (Å²) in [5.74, 6) is -0.955.